The average Bonchev–Trinajstić information content (AvgIpc) is 3.17. The maximum atomic E-state index is 13.5. The Labute approximate surface area is 187 Å². The standard InChI is InChI=1S/C20H13Cl3N4O2S/c21-13-3-1-12(2-4-13)19-20(25-26-27(19)16-8-6-15(24)7-9-16)30(28,29)18-11-14(22)5-10-17(18)23/h1-11H,24H2. The van der Waals surface area contributed by atoms with Gasteiger partial charge in [-0.2, -0.15) is 0 Å². The Kier molecular flexibility index (Phi) is 5.46. The molecule has 0 aliphatic heterocycles. The van der Waals surface area contributed by atoms with Gasteiger partial charge >= 0.3 is 0 Å². The topological polar surface area (TPSA) is 90.9 Å². The van der Waals surface area contributed by atoms with Gasteiger partial charge in [0.15, 0.2) is 0 Å². The Bertz CT molecular complexity index is 1340. The Morgan fingerprint density at radius 1 is 0.833 bits per heavy atom. The molecule has 2 N–H and O–H groups in total. The third kappa shape index (κ3) is 3.77. The monoisotopic (exact) mass is 478 g/mol. The SMILES string of the molecule is Nc1ccc(-n2nnc(S(=O)(=O)c3cc(Cl)ccc3Cl)c2-c2ccc(Cl)cc2)cc1. The van der Waals surface area contributed by atoms with Gasteiger partial charge in [0, 0.05) is 21.3 Å². The molecule has 4 rings (SSSR count). The number of rotatable bonds is 4. The van der Waals surface area contributed by atoms with Gasteiger partial charge in [-0.3, -0.25) is 0 Å². The fourth-order valence-corrected chi connectivity index (χ4v) is 5.09. The number of nitrogens with zero attached hydrogens (tertiary/aromatic N) is 3. The molecule has 30 heavy (non-hydrogen) atoms. The summed E-state index contributed by atoms with van der Waals surface area (Å²) in [6.07, 6.45) is 0. The van der Waals surface area contributed by atoms with Crippen molar-refractivity contribution in [2.24, 2.45) is 0 Å². The predicted octanol–water partition coefficient (Wildman–Crippen LogP) is 5.31. The first-order valence-electron chi connectivity index (χ1n) is 8.55. The second kappa shape index (κ2) is 7.92. The minimum Gasteiger partial charge on any atom is -0.399 e. The zero-order valence-electron chi connectivity index (χ0n) is 15.1. The molecule has 0 unspecified atom stereocenters. The van der Waals surface area contributed by atoms with Crippen LogP contribution < -0.4 is 5.73 Å². The molecular weight excluding hydrogens is 467 g/mol. The molecule has 10 heteroatoms. The van der Waals surface area contributed by atoms with E-state index in [9.17, 15) is 8.42 Å². The third-order valence-electron chi connectivity index (χ3n) is 4.33. The van der Waals surface area contributed by atoms with Gasteiger partial charge in [-0.1, -0.05) is 52.1 Å². The van der Waals surface area contributed by atoms with Gasteiger partial charge in [0.2, 0.25) is 14.9 Å². The van der Waals surface area contributed by atoms with E-state index in [0.29, 0.717) is 22.0 Å². The van der Waals surface area contributed by atoms with E-state index in [-0.39, 0.29) is 25.7 Å². The van der Waals surface area contributed by atoms with Gasteiger partial charge in [-0.05, 0) is 54.6 Å². The second-order valence-corrected chi connectivity index (χ2v) is 9.45. The quantitative estimate of drug-likeness (QED) is 0.401. The van der Waals surface area contributed by atoms with E-state index < -0.39 is 9.84 Å². The molecule has 3 aromatic carbocycles. The highest BCUT2D eigenvalue weighted by Gasteiger charge is 2.31. The molecular formula is C20H13Cl3N4O2S. The van der Waals surface area contributed by atoms with Crippen LogP contribution in [0, 0.1) is 0 Å². The molecule has 0 radical (unpaired) electrons. The van der Waals surface area contributed by atoms with Crippen molar-refractivity contribution >= 4 is 50.3 Å². The summed E-state index contributed by atoms with van der Waals surface area (Å²) in [6.45, 7) is 0. The van der Waals surface area contributed by atoms with Crippen molar-refractivity contribution < 1.29 is 8.42 Å². The van der Waals surface area contributed by atoms with Crippen molar-refractivity contribution in [3.05, 3.63) is 81.8 Å². The van der Waals surface area contributed by atoms with Gasteiger partial charge < -0.3 is 5.73 Å². The van der Waals surface area contributed by atoms with Crippen LogP contribution in [0.2, 0.25) is 15.1 Å². The molecule has 0 spiro atoms. The summed E-state index contributed by atoms with van der Waals surface area (Å²) in [6, 6.07) is 17.7. The Balaban J connectivity index is 2.00. The van der Waals surface area contributed by atoms with Crippen molar-refractivity contribution in [3.8, 4) is 16.9 Å². The smallest absolute Gasteiger partial charge is 0.229 e. The summed E-state index contributed by atoms with van der Waals surface area (Å²) in [7, 11) is -4.14. The van der Waals surface area contributed by atoms with Crippen LogP contribution in [-0.2, 0) is 9.84 Å². The van der Waals surface area contributed by atoms with Crippen LogP contribution in [0.3, 0.4) is 0 Å². The molecule has 0 aliphatic rings. The Morgan fingerprint density at radius 3 is 2.13 bits per heavy atom. The van der Waals surface area contributed by atoms with Crippen LogP contribution in [0.5, 0.6) is 0 Å². The molecule has 0 saturated carbocycles. The number of aromatic nitrogens is 3. The summed E-state index contributed by atoms with van der Waals surface area (Å²) in [5.74, 6) is 0. The molecule has 1 aromatic heterocycles. The summed E-state index contributed by atoms with van der Waals surface area (Å²) in [5.41, 5.74) is 7.72. The van der Waals surface area contributed by atoms with Gasteiger partial charge in [0.25, 0.3) is 0 Å². The normalized spacial score (nSPS) is 11.6. The zero-order valence-corrected chi connectivity index (χ0v) is 18.2. The molecule has 0 atom stereocenters. The molecule has 0 aliphatic carbocycles. The highest BCUT2D eigenvalue weighted by Crippen LogP contribution is 2.35. The lowest BCUT2D eigenvalue weighted by molar-refractivity contribution is 0.592. The maximum absolute atomic E-state index is 13.5. The van der Waals surface area contributed by atoms with E-state index >= 15 is 0 Å². The Hall–Kier alpha value is -2.58. The van der Waals surface area contributed by atoms with E-state index in [0.717, 1.165) is 0 Å². The van der Waals surface area contributed by atoms with Crippen molar-refractivity contribution in [2.45, 2.75) is 9.92 Å². The molecule has 0 amide bonds. The zero-order chi connectivity index (χ0) is 21.5. The van der Waals surface area contributed by atoms with Crippen molar-refractivity contribution in [1.29, 1.82) is 0 Å². The predicted molar refractivity (Wildman–Crippen MR) is 118 cm³/mol. The summed E-state index contributed by atoms with van der Waals surface area (Å²) in [4.78, 5) is -0.156. The van der Waals surface area contributed by atoms with Crippen molar-refractivity contribution in [2.75, 3.05) is 5.73 Å². The van der Waals surface area contributed by atoms with E-state index in [1.807, 2.05) is 0 Å². The first-order valence-corrected chi connectivity index (χ1v) is 11.2. The van der Waals surface area contributed by atoms with Gasteiger partial charge in [-0.15, -0.1) is 5.10 Å². The third-order valence-corrected chi connectivity index (χ3v) is 6.96. The van der Waals surface area contributed by atoms with Gasteiger partial charge in [-0.25, -0.2) is 13.1 Å². The van der Waals surface area contributed by atoms with E-state index in [1.54, 1.807) is 48.5 Å². The van der Waals surface area contributed by atoms with Crippen molar-refractivity contribution in [1.82, 2.24) is 15.0 Å². The number of halogens is 3. The Morgan fingerprint density at radius 2 is 1.47 bits per heavy atom. The van der Waals surface area contributed by atoms with Crippen LogP contribution in [0.25, 0.3) is 16.9 Å². The number of hydrogen-bond donors (Lipinski definition) is 1. The maximum Gasteiger partial charge on any atom is 0.229 e. The van der Waals surface area contributed by atoms with E-state index in [1.165, 1.54) is 22.9 Å². The summed E-state index contributed by atoms with van der Waals surface area (Å²) in [5, 5.41) is 8.60. The number of hydrogen-bond acceptors (Lipinski definition) is 5. The highest BCUT2D eigenvalue weighted by atomic mass is 35.5. The van der Waals surface area contributed by atoms with Crippen LogP contribution in [-0.4, -0.2) is 23.4 Å². The molecule has 1 heterocycles. The second-order valence-electron chi connectivity index (χ2n) is 6.33. The lowest BCUT2D eigenvalue weighted by Gasteiger charge is -2.10. The number of anilines is 1. The molecule has 0 saturated heterocycles. The lowest BCUT2D eigenvalue weighted by Crippen LogP contribution is -2.07. The molecule has 0 bridgehead atoms. The fourth-order valence-electron chi connectivity index (χ4n) is 2.89. The molecule has 6 nitrogen and oxygen atoms in total. The number of sulfone groups is 1. The van der Waals surface area contributed by atoms with E-state index in [2.05, 4.69) is 10.3 Å². The lowest BCUT2D eigenvalue weighted by atomic mass is 10.1. The molecule has 0 fully saturated rings. The summed E-state index contributed by atoms with van der Waals surface area (Å²) < 4.78 is 28.3. The number of benzene rings is 3. The minimum atomic E-state index is -4.14. The largest absolute Gasteiger partial charge is 0.399 e. The first kappa shape index (κ1) is 20.7. The number of nitrogens with two attached hydrogens (primary N) is 1. The van der Waals surface area contributed by atoms with Crippen LogP contribution >= 0.6 is 34.8 Å². The number of nitrogen functional groups attached to an aromatic ring is 1. The fraction of sp³-hybridized carbons (Fsp3) is 0. The van der Waals surface area contributed by atoms with Crippen molar-refractivity contribution in [3.63, 3.8) is 0 Å². The van der Waals surface area contributed by atoms with Crippen LogP contribution in [0.1, 0.15) is 0 Å². The van der Waals surface area contributed by atoms with Gasteiger partial charge in [0.1, 0.15) is 5.69 Å². The van der Waals surface area contributed by atoms with Gasteiger partial charge in [0.05, 0.1) is 15.6 Å². The van der Waals surface area contributed by atoms with Crippen LogP contribution in [0.15, 0.2) is 76.7 Å². The summed E-state index contributed by atoms with van der Waals surface area (Å²) >= 11 is 18.2. The molecule has 152 valence electrons. The van der Waals surface area contributed by atoms with E-state index in [4.69, 9.17) is 40.5 Å². The first-order chi connectivity index (χ1) is 14.3. The highest BCUT2D eigenvalue weighted by molar-refractivity contribution is 7.91. The minimum absolute atomic E-state index is 0.0310. The van der Waals surface area contributed by atoms with Crippen LogP contribution in [0.4, 0.5) is 5.69 Å². The average molecular weight is 480 g/mol. The molecule has 4 aromatic rings.